The average Bonchev–Trinajstić information content (AvgIpc) is 2.24. The first-order chi connectivity index (χ1) is 6.44. The molecule has 0 rings (SSSR count). The van der Waals surface area contributed by atoms with E-state index in [1.54, 1.807) is 0 Å². The number of esters is 3. The standard InChI is InChI=1S/C7H9BrO6/c1-12-4(9)7(8,5(10)13-2)6(11)14-3/h1-3H3. The Morgan fingerprint density at radius 1 is 0.857 bits per heavy atom. The number of halogens is 1. The van der Waals surface area contributed by atoms with Crippen molar-refractivity contribution in [2.45, 2.75) is 4.32 Å². The molecule has 0 spiro atoms. The summed E-state index contributed by atoms with van der Waals surface area (Å²) in [5, 5.41) is 0. The molecule has 0 saturated carbocycles. The van der Waals surface area contributed by atoms with Crippen LogP contribution in [0, 0.1) is 0 Å². The molecule has 0 aliphatic heterocycles. The van der Waals surface area contributed by atoms with E-state index in [1.807, 2.05) is 0 Å². The zero-order valence-corrected chi connectivity index (χ0v) is 9.41. The number of hydrogen-bond acceptors (Lipinski definition) is 6. The molecule has 0 heterocycles. The fourth-order valence-corrected chi connectivity index (χ4v) is 1.16. The van der Waals surface area contributed by atoms with Crippen LogP contribution < -0.4 is 0 Å². The van der Waals surface area contributed by atoms with Gasteiger partial charge in [0.15, 0.2) is 0 Å². The normalized spacial score (nSPS) is 10.3. The Kier molecular flexibility index (Phi) is 4.55. The van der Waals surface area contributed by atoms with E-state index in [9.17, 15) is 14.4 Å². The van der Waals surface area contributed by atoms with Gasteiger partial charge in [-0.3, -0.25) is 0 Å². The van der Waals surface area contributed by atoms with Gasteiger partial charge in [-0.25, -0.2) is 14.4 Å². The van der Waals surface area contributed by atoms with E-state index in [1.165, 1.54) is 0 Å². The monoisotopic (exact) mass is 268 g/mol. The molecule has 0 amide bonds. The Bertz CT molecular complexity index is 220. The van der Waals surface area contributed by atoms with Crippen LogP contribution in [0.15, 0.2) is 0 Å². The summed E-state index contributed by atoms with van der Waals surface area (Å²) in [5.74, 6) is -3.30. The van der Waals surface area contributed by atoms with E-state index >= 15 is 0 Å². The molecule has 0 aliphatic carbocycles. The van der Waals surface area contributed by atoms with Crippen LogP contribution in [-0.4, -0.2) is 43.6 Å². The van der Waals surface area contributed by atoms with Crippen molar-refractivity contribution in [2.75, 3.05) is 21.3 Å². The number of rotatable bonds is 3. The maximum absolute atomic E-state index is 11.2. The number of methoxy groups -OCH3 is 3. The number of alkyl halides is 1. The van der Waals surface area contributed by atoms with Crippen LogP contribution >= 0.6 is 15.9 Å². The summed E-state index contributed by atoms with van der Waals surface area (Å²) in [7, 11) is 3.10. The quantitative estimate of drug-likeness (QED) is 0.301. The molecule has 80 valence electrons. The number of ether oxygens (including phenoxy) is 3. The molecule has 7 heteroatoms. The van der Waals surface area contributed by atoms with Gasteiger partial charge in [0.25, 0.3) is 0 Å². The summed E-state index contributed by atoms with van der Waals surface area (Å²) >= 11 is 2.64. The van der Waals surface area contributed by atoms with Crippen molar-refractivity contribution in [1.29, 1.82) is 0 Å². The lowest BCUT2D eigenvalue weighted by molar-refractivity contribution is -0.164. The molecule has 0 saturated heterocycles. The molecule has 0 aromatic heterocycles. The van der Waals surface area contributed by atoms with Gasteiger partial charge in [-0.15, -0.1) is 0 Å². The van der Waals surface area contributed by atoms with Crippen molar-refractivity contribution in [2.24, 2.45) is 0 Å². The molecule has 0 unspecified atom stereocenters. The van der Waals surface area contributed by atoms with Gasteiger partial charge in [-0.2, -0.15) is 0 Å². The average molecular weight is 269 g/mol. The summed E-state index contributed by atoms with van der Waals surface area (Å²) in [6, 6.07) is 0. The van der Waals surface area contributed by atoms with Crippen molar-refractivity contribution in [1.82, 2.24) is 0 Å². The van der Waals surface area contributed by atoms with Crippen LogP contribution in [0.3, 0.4) is 0 Å². The first kappa shape index (κ1) is 12.9. The lowest BCUT2D eigenvalue weighted by Gasteiger charge is -2.18. The molecule has 0 atom stereocenters. The summed E-state index contributed by atoms with van der Waals surface area (Å²) in [4.78, 5) is 33.5. The Morgan fingerprint density at radius 2 is 1.07 bits per heavy atom. The van der Waals surface area contributed by atoms with Crippen molar-refractivity contribution in [3.05, 3.63) is 0 Å². The number of carbonyl (C=O) groups excluding carboxylic acids is 3. The molecule has 0 N–H and O–H groups in total. The SMILES string of the molecule is COC(=O)C(Br)(C(=O)OC)C(=O)OC. The van der Waals surface area contributed by atoms with Crippen LogP contribution in [0.5, 0.6) is 0 Å². The second kappa shape index (κ2) is 4.94. The van der Waals surface area contributed by atoms with Gasteiger partial charge in [-0.1, -0.05) is 0 Å². The van der Waals surface area contributed by atoms with Crippen molar-refractivity contribution in [3.63, 3.8) is 0 Å². The first-order valence-corrected chi connectivity index (χ1v) is 4.18. The fourth-order valence-electron chi connectivity index (χ4n) is 0.672. The lowest BCUT2D eigenvalue weighted by atomic mass is 10.1. The van der Waals surface area contributed by atoms with Gasteiger partial charge in [0.1, 0.15) is 0 Å². The fraction of sp³-hybridized carbons (Fsp3) is 0.571. The van der Waals surface area contributed by atoms with Crippen LogP contribution in [0.4, 0.5) is 0 Å². The Hall–Kier alpha value is -1.11. The van der Waals surface area contributed by atoms with Gasteiger partial charge in [0.2, 0.25) is 0 Å². The van der Waals surface area contributed by atoms with E-state index in [0.29, 0.717) is 0 Å². The maximum atomic E-state index is 11.2. The van der Waals surface area contributed by atoms with Gasteiger partial charge >= 0.3 is 22.2 Å². The highest BCUT2D eigenvalue weighted by Gasteiger charge is 2.55. The Balaban J connectivity index is 5.14. The van der Waals surface area contributed by atoms with Crippen LogP contribution in [-0.2, 0) is 28.6 Å². The minimum atomic E-state index is -2.24. The smallest absolute Gasteiger partial charge is 0.346 e. The third-order valence-corrected chi connectivity index (χ3v) is 2.37. The van der Waals surface area contributed by atoms with E-state index in [2.05, 4.69) is 30.1 Å². The Morgan fingerprint density at radius 3 is 1.21 bits per heavy atom. The van der Waals surface area contributed by atoms with Gasteiger partial charge < -0.3 is 14.2 Å². The minimum absolute atomic E-state index is 1.03. The molecular formula is C7H9BrO6. The zero-order chi connectivity index (χ0) is 11.4. The minimum Gasteiger partial charge on any atom is -0.467 e. The van der Waals surface area contributed by atoms with Crippen molar-refractivity contribution >= 4 is 33.8 Å². The highest BCUT2D eigenvalue weighted by molar-refractivity contribution is 9.11. The van der Waals surface area contributed by atoms with Crippen molar-refractivity contribution in [3.8, 4) is 0 Å². The topological polar surface area (TPSA) is 78.9 Å². The molecule has 0 aromatic rings. The maximum Gasteiger partial charge on any atom is 0.346 e. The molecule has 14 heavy (non-hydrogen) atoms. The zero-order valence-electron chi connectivity index (χ0n) is 7.83. The predicted octanol–water partition coefficient (Wildman–Crippen LogP) is -0.361. The number of hydrogen-bond donors (Lipinski definition) is 0. The molecular weight excluding hydrogens is 260 g/mol. The highest BCUT2D eigenvalue weighted by atomic mass is 79.9. The molecule has 0 fully saturated rings. The Labute approximate surface area is 88.6 Å². The van der Waals surface area contributed by atoms with Crippen molar-refractivity contribution < 1.29 is 28.6 Å². The van der Waals surface area contributed by atoms with Gasteiger partial charge in [0, 0.05) is 0 Å². The second-order valence-electron chi connectivity index (χ2n) is 2.13. The summed E-state index contributed by atoms with van der Waals surface area (Å²) < 4.78 is 10.6. The molecule has 6 nitrogen and oxygen atoms in total. The molecule has 0 aromatic carbocycles. The van der Waals surface area contributed by atoms with Crippen LogP contribution in [0.1, 0.15) is 0 Å². The lowest BCUT2D eigenvalue weighted by Crippen LogP contribution is -2.50. The molecule has 0 bridgehead atoms. The van der Waals surface area contributed by atoms with Crippen LogP contribution in [0.25, 0.3) is 0 Å². The van der Waals surface area contributed by atoms with E-state index in [4.69, 9.17) is 0 Å². The third-order valence-electron chi connectivity index (χ3n) is 1.40. The summed E-state index contributed by atoms with van der Waals surface area (Å²) in [6.45, 7) is 0. The predicted molar refractivity (Wildman–Crippen MR) is 47.7 cm³/mol. The van der Waals surface area contributed by atoms with Crippen LogP contribution in [0.2, 0.25) is 0 Å². The van der Waals surface area contributed by atoms with E-state index in [-0.39, 0.29) is 0 Å². The molecule has 0 aliphatic rings. The van der Waals surface area contributed by atoms with E-state index < -0.39 is 22.2 Å². The van der Waals surface area contributed by atoms with Gasteiger partial charge in [0.05, 0.1) is 21.3 Å². The van der Waals surface area contributed by atoms with E-state index in [0.717, 1.165) is 21.3 Å². The largest absolute Gasteiger partial charge is 0.467 e. The summed E-state index contributed by atoms with van der Waals surface area (Å²) in [6.07, 6.45) is 0. The molecule has 0 radical (unpaired) electrons. The first-order valence-electron chi connectivity index (χ1n) is 3.39. The third kappa shape index (κ3) is 2.03. The number of carbonyl (C=O) groups is 3. The highest BCUT2D eigenvalue weighted by Crippen LogP contribution is 2.23. The van der Waals surface area contributed by atoms with Gasteiger partial charge in [-0.05, 0) is 15.9 Å². The second-order valence-corrected chi connectivity index (χ2v) is 3.32. The summed E-state index contributed by atoms with van der Waals surface area (Å²) in [5.41, 5.74) is 0.